The maximum Gasteiger partial charge on any atom is 0.220 e. The van der Waals surface area contributed by atoms with Crippen LogP contribution in [0.4, 0.5) is 22.7 Å². The van der Waals surface area contributed by atoms with Crippen molar-refractivity contribution in [2.75, 3.05) is 10.6 Å². The summed E-state index contributed by atoms with van der Waals surface area (Å²) in [5, 5.41) is 6.61. The Bertz CT molecular complexity index is 1050. The van der Waals surface area contributed by atoms with Crippen LogP contribution in [-0.4, -0.2) is 11.9 Å². The zero-order valence-corrected chi connectivity index (χ0v) is 17.4. The van der Waals surface area contributed by atoms with Gasteiger partial charge in [0, 0.05) is 11.4 Å². The van der Waals surface area contributed by atoms with Crippen molar-refractivity contribution in [1.82, 2.24) is 10.9 Å². The number of hydrazine groups is 1. The van der Waals surface area contributed by atoms with Crippen molar-refractivity contribution in [3.8, 4) is 0 Å². The predicted octanol–water partition coefficient (Wildman–Crippen LogP) is 5.68. The Kier molecular flexibility index (Phi) is 7.10. The summed E-state index contributed by atoms with van der Waals surface area (Å²) in [5.41, 5.74) is 9.76. The number of hydrogen-bond donors (Lipinski definition) is 4. The van der Waals surface area contributed by atoms with Gasteiger partial charge in [-0.15, -0.1) is 0 Å². The van der Waals surface area contributed by atoms with Gasteiger partial charge in [0.05, 0.1) is 11.4 Å². The van der Waals surface area contributed by atoms with E-state index in [0.29, 0.717) is 11.9 Å². The maximum atomic E-state index is 4.69. The monoisotopic (exact) mass is 420 g/mol. The van der Waals surface area contributed by atoms with Gasteiger partial charge in [-0.2, -0.15) is 0 Å². The smallest absolute Gasteiger partial charge is 0.220 e. The summed E-state index contributed by atoms with van der Waals surface area (Å²) in [7, 11) is 0. The van der Waals surface area contributed by atoms with E-state index in [1.807, 2.05) is 121 Å². The second-order valence-corrected chi connectivity index (χ2v) is 6.82. The van der Waals surface area contributed by atoms with Gasteiger partial charge in [-0.05, 0) is 48.5 Å². The highest BCUT2D eigenvalue weighted by molar-refractivity contribution is 6.00. The van der Waals surface area contributed by atoms with E-state index in [9.17, 15) is 0 Å². The lowest BCUT2D eigenvalue weighted by molar-refractivity contribution is 0.857. The molecule has 6 heteroatoms. The summed E-state index contributed by atoms with van der Waals surface area (Å²) in [4.78, 5) is 9.38. The molecule has 0 aromatic heterocycles. The Morgan fingerprint density at radius 3 is 1.06 bits per heavy atom. The van der Waals surface area contributed by atoms with Crippen LogP contribution in [0.1, 0.15) is 0 Å². The molecule has 6 nitrogen and oxygen atoms in total. The van der Waals surface area contributed by atoms with E-state index in [0.717, 1.165) is 22.7 Å². The van der Waals surface area contributed by atoms with Crippen molar-refractivity contribution >= 4 is 34.7 Å². The lowest BCUT2D eigenvalue weighted by Crippen LogP contribution is -2.47. The van der Waals surface area contributed by atoms with Gasteiger partial charge in [0.1, 0.15) is 0 Å². The van der Waals surface area contributed by atoms with Crippen LogP contribution in [0.5, 0.6) is 0 Å². The molecule has 158 valence electrons. The summed E-state index contributed by atoms with van der Waals surface area (Å²) in [6.07, 6.45) is 0. The summed E-state index contributed by atoms with van der Waals surface area (Å²) < 4.78 is 0. The van der Waals surface area contributed by atoms with Gasteiger partial charge in [0.25, 0.3) is 0 Å². The number of nitrogens with zero attached hydrogens (tertiary/aromatic N) is 2. The molecule has 0 aliphatic rings. The molecule has 0 spiro atoms. The Hall–Kier alpha value is -4.58. The highest BCUT2D eigenvalue weighted by Gasteiger charge is 2.05. The molecule has 0 saturated carbocycles. The number of anilines is 2. The fourth-order valence-electron chi connectivity index (χ4n) is 2.87. The largest absolute Gasteiger partial charge is 0.325 e. The van der Waals surface area contributed by atoms with Crippen molar-refractivity contribution in [2.45, 2.75) is 0 Å². The topological polar surface area (TPSA) is 72.8 Å². The molecule has 0 unspecified atom stereocenters. The number of para-hydroxylation sites is 4. The van der Waals surface area contributed by atoms with E-state index in [2.05, 4.69) is 31.5 Å². The van der Waals surface area contributed by atoms with Crippen molar-refractivity contribution in [3.63, 3.8) is 0 Å². The Labute approximate surface area is 187 Å². The molecular formula is C26H24N6. The molecule has 4 aromatic carbocycles. The molecule has 0 amide bonds. The van der Waals surface area contributed by atoms with E-state index in [1.165, 1.54) is 0 Å². The molecule has 0 saturated heterocycles. The number of hydrogen-bond acceptors (Lipinski definition) is 2. The Morgan fingerprint density at radius 2 is 0.719 bits per heavy atom. The molecule has 4 aromatic rings. The summed E-state index contributed by atoms with van der Waals surface area (Å²) >= 11 is 0. The second kappa shape index (κ2) is 11.0. The first-order valence-corrected chi connectivity index (χ1v) is 10.3. The fourth-order valence-corrected chi connectivity index (χ4v) is 2.87. The molecule has 4 rings (SSSR count). The van der Waals surface area contributed by atoms with Gasteiger partial charge >= 0.3 is 0 Å². The van der Waals surface area contributed by atoms with Crippen LogP contribution < -0.4 is 21.5 Å². The standard InChI is InChI=1S/C26H24N6/c1-5-13-21(14-6-1)27-25(28-22-15-7-2-8-16-22)31-32-26(29-23-17-9-3-10-18-23)30-24-19-11-4-12-20-24/h1-20H,(H2,27,28,31)(H2,29,30,32). The van der Waals surface area contributed by atoms with Crippen LogP contribution in [0, 0.1) is 0 Å². The molecule has 0 aliphatic heterocycles. The SMILES string of the molecule is c1ccc(N=C(NNC(=Nc2ccccc2)Nc2ccccc2)Nc2ccccc2)cc1. The van der Waals surface area contributed by atoms with Crippen molar-refractivity contribution < 1.29 is 0 Å². The molecule has 0 aliphatic carbocycles. The molecule has 4 N–H and O–H groups in total. The number of rotatable bonds is 4. The molecule has 0 atom stereocenters. The lowest BCUT2D eigenvalue weighted by atomic mass is 10.3. The van der Waals surface area contributed by atoms with E-state index < -0.39 is 0 Å². The van der Waals surface area contributed by atoms with Crippen molar-refractivity contribution in [3.05, 3.63) is 121 Å². The first-order chi connectivity index (χ1) is 15.8. The average Bonchev–Trinajstić information content (AvgIpc) is 2.85. The minimum Gasteiger partial charge on any atom is -0.325 e. The van der Waals surface area contributed by atoms with Crippen LogP contribution in [-0.2, 0) is 0 Å². The minimum absolute atomic E-state index is 0.526. The molecule has 0 fully saturated rings. The van der Waals surface area contributed by atoms with E-state index in [-0.39, 0.29) is 0 Å². The van der Waals surface area contributed by atoms with Gasteiger partial charge in [-0.25, -0.2) is 9.98 Å². The molecule has 0 bridgehead atoms. The highest BCUT2D eigenvalue weighted by Crippen LogP contribution is 2.13. The number of aliphatic imine (C=N–C) groups is 2. The van der Waals surface area contributed by atoms with Gasteiger partial charge in [0.2, 0.25) is 11.9 Å². The Morgan fingerprint density at radius 1 is 0.406 bits per heavy atom. The summed E-state index contributed by atoms with van der Waals surface area (Å²) in [6, 6.07) is 39.2. The van der Waals surface area contributed by atoms with Crippen LogP contribution in [0.15, 0.2) is 131 Å². The molecule has 0 radical (unpaired) electrons. The van der Waals surface area contributed by atoms with Gasteiger partial charge < -0.3 is 10.6 Å². The predicted molar refractivity (Wildman–Crippen MR) is 133 cm³/mol. The third-order valence-electron chi connectivity index (χ3n) is 4.37. The third-order valence-corrected chi connectivity index (χ3v) is 4.37. The molecule has 32 heavy (non-hydrogen) atoms. The quantitative estimate of drug-likeness (QED) is 0.195. The van der Waals surface area contributed by atoms with Crippen molar-refractivity contribution in [2.24, 2.45) is 9.98 Å². The van der Waals surface area contributed by atoms with E-state index in [1.54, 1.807) is 0 Å². The first kappa shape index (κ1) is 20.7. The van der Waals surface area contributed by atoms with Gasteiger partial charge in [0.15, 0.2) is 0 Å². The fraction of sp³-hybridized carbons (Fsp3) is 0. The van der Waals surface area contributed by atoms with Crippen LogP contribution in [0.3, 0.4) is 0 Å². The van der Waals surface area contributed by atoms with Crippen LogP contribution in [0.2, 0.25) is 0 Å². The van der Waals surface area contributed by atoms with E-state index >= 15 is 0 Å². The second-order valence-electron chi connectivity index (χ2n) is 6.82. The van der Waals surface area contributed by atoms with Gasteiger partial charge in [-0.1, -0.05) is 72.8 Å². The van der Waals surface area contributed by atoms with Gasteiger partial charge in [-0.3, -0.25) is 10.9 Å². The zero-order chi connectivity index (χ0) is 21.8. The zero-order valence-electron chi connectivity index (χ0n) is 17.4. The normalized spacial score (nSPS) is 11.5. The number of benzene rings is 4. The summed E-state index contributed by atoms with van der Waals surface area (Å²) in [6.45, 7) is 0. The first-order valence-electron chi connectivity index (χ1n) is 10.3. The maximum absolute atomic E-state index is 4.69. The van der Waals surface area contributed by atoms with Crippen molar-refractivity contribution in [1.29, 1.82) is 0 Å². The molecule has 0 heterocycles. The number of nitrogens with one attached hydrogen (secondary N) is 4. The van der Waals surface area contributed by atoms with Crippen LogP contribution in [0.25, 0.3) is 0 Å². The Balaban J connectivity index is 1.57. The average molecular weight is 421 g/mol. The summed E-state index contributed by atoms with van der Waals surface area (Å²) in [5.74, 6) is 1.05. The van der Waals surface area contributed by atoms with Crippen LogP contribution >= 0.6 is 0 Å². The van der Waals surface area contributed by atoms with E-state index in [4.69, 9.17) is 0 Å². The number of guanidine groups is 2. The molecular weight excluding hydrogens is 396 g/mol. The third kappa shape index (κ3) is 6.47. The lowest BCUT2D eigenvalue weighted by Gasteiger charge is -2.17. The minimum atomic E-state index is 0.526. The highest BCUT2D eigenvalue weighted by atomic mass is 15.5.